The van der Waals surface area contributed by atoms with Crippen molar-refractivity contribution in [1.82, 2.24) is 10.2 Å². The number of hydrogen-bond donors (Lipinski definition) is 1. The molecular weight excluding hydrogens is 433 g/mol. The Morgan fingerprint density at radius 1 is 1.23 bits per heavy atom. The molecule has 4 rings (SSSR count). The highest BCUT2D eigenvalue weighted by atomic mass is 32.2. The molecule has 0 bridgehead atoms. The van der Waals surface area contributed by atoms with Crippen LogP contribution in [0.5, 0.6) is 11.5 Å². The van der Waals surface area contributed by atoms with E-state index in [-0.39, 0.29) is 17.8 Å². The summed E-state index contributed by atoms with van der Waals surface area (Å²) in [7, 11) is 2.92. The van der Waals surface area contributed by atoms with Gasteiger partial charge in [0, 0.05) is 17.9 Å². The third kappa shape index (κ3) is 3.69. The van der Waals surface area contributed by atoms with E-state index in [1.807, 2.05) is 0 Å². The van der Waals surface area contributed by atoms with Gasteiger partial charge in [-0.15, -0.1) is 11.8 Å². The first-order valence-electron chi connectivity index (χ1n) is 9.39. The third-order valence-corrected chi connectivity index (χ3v) is 6.62. The molecule has 2 amide bonds. The summed E-state index contributed by atoms with van der Waals surface area (Å²) < 4.78 is 49.3. The average Bonchev–Trinajstić information content (AvgIpc) is 3.31. The molecule has 2 heterocycles. The van der Waals surface area contributed by atoms with Gasteiger partial charge in [-0.1, -0.05) is 18.2 Å². The number of carbonyl (C=O) groups excluding carboxylic acids is 2. The zero-order valence-electron chi connectivity index (χ0n) is 16.7. The van der Waals surface area contributed by atoms with Crippen LogP contribution < -0.4 is 14.8 Å². The first kappa shape index (κ1) is 21.4. The lowest BCUT2D eigenvalue weighted by Gasteiger charge is -2.22. The van der Waals surface area contributed by atoms with Gasteiger partial charge in [0.05, 0.1) is 25.3 Å². The number of benzene rings is 2. The Labute approximate surface area is 180 Å². The largest absolute Gasteiger partial charge is 0.493 e. The number of nitrogens with one attached hydrogen (secondary N) is 1. The lowest BCUT2D eigenvalue weighted by atomic mass is 10.1. The van der Waals surface area contributed by atoms with Crippen molar-refractivity contribution in [2.75, 3.05) is 20.0 Å². The zero-order valence-corrected chi connectivity index (χ0v) is 17.5. The van der Waals surface area contributed by atoms with Gasteiger partial charge in [0.15, 0.2) is 11.5 Å². The standard InChI is InChI=1S/C21H19F3N2O4S/c1-29-15-7-6-13-16(17(15)30-2)19(28)26-14(10-31-20(13)26)18(27)25-9-11-4-3-5-12(8-11)21(22,23)24/h3-8,14,20H,9-10H2,1-2H3,(H,25,27). The van der Waals surface area contributed by atoms with Crippen LogP contribution in [0.15, 0.2) is 36.4 Å². The summed E-state index contributed by atoms with van der Waals surface area (Å²) in [5, 5.41) is 2.33. The van der Waals surface area contributed by atoms with Gasteiger partial charge < -0.3 is 19.7 Å². The van der Waals surface area contributed by atoms with E-state index in [4.69, 9.17) is 9.47 Å². The molecule has 31 heavy (non-hydrogen) atoms. The second-order valence-electron chi connectivity index (χ2n) is 7.10. The van der Waals surface area contributed by atoms with Gasteiger partial charge in [-0.2, -0.15) is 13.2 Å². The molecule has 2 aliphatic heterocycles. The molecule has 0 radical (unpaired) electrons. The number of rotatable bonds is 5. The molecule has 0 spiro atoms. The number of carbonyl (C=O) groups is 2. The Bertz CT molecular complexity index is 1040. The van der Waals surface area contributed by atoms with Gasteiger partial charge >= 0.3 is 6.18 Å². The highest BCUT2D eigenvalue weighted by Gasteiger charge is 2.50. The summed E-state index contributed by atoms with van der Waals surface area (Å²) in [5.41, 5.74) is 0.672. The average molecular weight is 452 g/mol. The van der Waals surface area contributed by atoms with E-state index in [0.717, 1.165) is 17.7 Å². The first-order chi connectivity index (χ1) is 14.8. The van der Waals surface area contributed by atoms with Crippen molar-refractivity contribution < 1.29 is 32.2 Å². The van der Waals surface area contributed by atoms with Crippen molar-refractivity contribution in [1.29, 1.82) is 0 Å². The van der Waals surface area contributed by atoms with Crippen LogP contribution in [-0.2, 0) is 17.5 Å². The Balaban J connectivity index is 1.51. The Morgan fingerprint density at radius 3 is 2.68 bits per heavy atom. The first-order valence-corrected chi connectivity index (χ1v) is 10.4. The van der Waals surface area contributed by atoms with Crippen LogP contribution in [0.3, 0.4) is 0 Å². The quantitative estimate of drug-likeness (QED) is 0.751. The fraction of sp³-hybridized carbons (Fsp3) is 0.333. The Hall–Kier alpha value is -2.88. The number of thioether (sulfide) groups is 1. The van der Waals surface area contributed by atoms with Crippen molar-refractivity contribution in [3.63, 3.8) is 0 Å². The number of alkyl halides is 3. The zero-order chi connectivity index (χ0) is 22.3. The molecule has 0 aromatic heterocycles. The SMILES string of the molecule is COc1ccc2c(c1OC)C(=O)N1C(C(=O)NCc3cccc(C(F)(F)F)c3)CSC21. The number of fused-ring (bicyclic) bond motifs is 3. The summed E-state index contributed by atoms with van der Waals surface area (Å²) in [5.74, 6) is 0.382. The second-order valence-corrected chi connectivity index (χ2v) is 8.21. The number of halogens is 3. The molecule has 2 aliphatic rings. The second kappa shape index (κ2) is 7.99. The van der Waals surface area contributed by atoms with Crippen molar-refractivity contribution in [3.8, 4) is 11.5 Å². The van der Waals surface area contributed by atoms with Gasteiger partial charge in [0.2, 0.25) is 5.91 Å². The van der Waals surface area contributed by atoms with Crippen LogP contribution in [-0.4, -0.2) is 42.7 Å². The molecule has 1 fully saturated rings. The predicted molar refractivity (Wildman–Crippen MR) is 108 cm³/mol. The highest BCUT2D eigenvalue weighted by molar-refractivity contribution is 7.99. The van der Waals surface area contributed by atoms with Crippen molar-refractivity contribution >= 4 is 23.6 Å². The maximum absolute atomic E-state index is 13.1. The van der Waals surface area contributed by atoms with Gasteiger partial charge in [0.25, 0.3) is 5.91 Å². The smallest absolute Gasteiger partial charge is 0.416 e. The molecule has 2 aromatic carbocycles. The van der Waals surface area contributed by atoms with E-state index in [9.17, 15) is 22.8 Å². The van der Waals surface area contributed by atoms with E-state index in [2.05, 4.69) is 5.32 Å². The van der Waals surface area contributed by atoms with Crippen LogP contribution in [0.2, 0.25) is 0 Å². The van der Waals surface area contributed by atoms with Gasteiger partial charge in [0.1, 0.15) is 11.4 Å². The molecule has 10 heteroatoms. The summed E-state index contributed by atoms with van der Waals surface area (Å²) >= 11 is 1.46. The number of hydrogen-bond acceptors (Lipinski definition) is 5. The monoisotopic (exact) mass is 452 g/mol. The maximum atomic E-state index is 13.1. The topological polar surface area (TPSA) is 67.9 Å². The molecule has 2 unspecified atom stereocenters. The highest BCUT2D eigenvalue weighted by Crippen LogP contribution is 2.52. The van der Waals surface area contributed by atoms with Gasteiger partial charge in [-0.05, 0) is 23.8 Å². The van der Waals surface area contributed by atoms with E-state index in [1.165, 1.54) is 43.0 Å². The molecule has 164 valence electrons. The third-order valence-electron chi connectivity index (χ3n) is 5.32. The molecule has 0 saturated carbocycles. The lowest BCUT2D eigenvalue weighted by Crippen LogP contribution is -2.45. The number of methoxy groups -OCH3 is 2. The van der Waals surface area contributed by atoms with Gasteiger partial charge in [-0.25, -0.2) is 0 Å². The minimum Gasteiger partial charge on any atom is -0.493 e. The molecular formula is C21H19F3N2O4S. The van der Waals surface area contributed by atoms with Gasteiger partial charge in [-0.3, -0.25) is 9.59 Å². The Kier molecular flexibility index (Phi) is 5.50. The van der Waals surface area contributed by atoms with Crippen LogP contribution in [0.25, 0.3) is 0 Å². The summed E-state index contributed by atoms with van der Waals surface area (Å²) in [6, 6.07) is 7.55. The number of ether oxygens (including phenoxy) is 2. The van der Waals surface area contributed by atoms with Crippen molar-refractivity contribution in [3.05, 3.63) is 58.7 Å². The van der Waals surface area contributed by atoms with Crippen molar-refractivity contribution in [2.24, 2.45) is 0 Å². The number of amides is 2. The molecule has 2 aromatic rings. The molecule has 0 aliphatic carbocycles. The lowest BCUT2D eigenvalue weighted by molar-refractivity contribution is -0.137. The van der Waals surface area contributed by atoms with Crippen molar-refractivity contribution in [2.45, 2.75) is 24.1 Å². The van der Waals surface area contributed by atoms with Crippen LogP contribution in [0.4, 0.5) is 13.2 Å². The molecule has 1 saturated heterocycles. The van der Waals surface area contributed by atoms with E-state index in [0.29, 0.717) is 28.4 Å². The van der Waals surface area contributed by atoms with E-state index < -0.39 is 23.7 Å². The normalized spacial score (nSPS) is 19.8. The summed E-state index contributed by atoms with van der Waals surface area (Å²) in [6.45, 7) is -0.0687. The van der Waals surface area contributed by atoms with Crippen LogP contribution in [0, 0.1) is 0 Å². The van der Waals surface area contributed by atoms with Crippen LogP contribution in [0.1, 0.15) is 32.4 Å². The fourth-order valence-electron chi connectivity index (χ4n) is 3.86. The maximum Gasteiger partial charge on any atom is 0.416 e. The minimum atomic E-state index is -4.46. The summed E-state index contributed by atoms with van der Waals surface area (Å²) in [6.07, 6.45) is -4.46. The Morgan fingerprint density at radius 2 is 2.00 bits per heavy atom. The predicted octanol–water partition coefficient (Wildman–Crippen LogP) is 3.61. The number of nitrogens with zero attached hydrogens (tertiary/aromatic N) is 1. The summed E-state index contributed by atoms with van der Waals surface area (Å²) in [4.78, 5) is 27.5. The van der Waals surface area contributed by atoms with E-state index in [1.54, 1.807) is 12.1 Å². The minimum absolute atomic E-state index is 0.0687. The molecule has 6 nitrogen and oxygen atoms in total. The molecule has 1 N–H and O–H groups in total. The van der Waals surface area contributed by atoms with E-state index >= 15 is 0 Å². The molecule has 2 atom stereocenters. The van der Waals surface area contributed by atoms with Crippen LogP contribution >= 0.6 is 11.8 Å². The fourth-order valence-corrected chi connectivity index (χ4v) is 5.31.